The summed E-state index contributed by atoms with van der Waals surface area (Å²) in [5, 5.41) is 2.72. The Balaban J connectivity index is 1.76. The van der Waals surface area contributed by atoms with Crippen LogP contribution >= 0.6 is 0 Å². The summed E-state index contributed by atoms with van der Waals surface area (Å²) in [5.41, 5.74) is 8.08. The minimum atomic E-state index is -0.487. The molecule has 0 aliphatic carbocycles. The van der Waals surface area contributed by atoms with Crippen molar-refractivity contribution in [3.8, 4) is 0 Å². The van der Waals surface area contributed by atoms with Crippen LogP contribution < -0.4 is 16.0 Å². The van der Waals surface area contributed by atoms with Gasteiger partial charge in [0.1, 0.15) is 5.60 Å². The van der Waals surface area contributed by atoms with Gasteiger partial charge in [-0.3, -0.25) is 0 Å². The summed E-state index contributed by atoms with van der Waals surface area (Å²) in [6.45, 7) is 8.23. The van der Waals surface area contributed by atoms with Gasteiger partial charge >= 0.3 is 6.09 Å². The Morgan fingerprint density at radius 1 is 1.26 bits per heavy atom. The average Bonchev–Trinajstić information content (AvgIpc) is 2.98. The van der Waals surface area contributed by atoms with Crippen molar-refractivity contribution in [1.29, 1.82) is 0 Å². The molecule has 0 radical (unpaired) electrons. The third-order valence-corrected chi connectivity index (χ3v) is 3.81. The van der Waals surface area contributed by atoms with Crippen molar-refractivity contribution in [3.05, 3.63) is 29.8 Å². The van der Waals surface area contributed by atoms with Crippen LogP contribution in [0.25, 0.3) is 0 Å². The molecule has 1 aromatic carbocycles. The first kappa shape index (κ1) is 17.6. The van der Waals surface area contributed by atoms with Gasteiger partial charge in [-0.15, -0.1) is 0 Å². The number of anilines is 1. The Labute approximate surface area is 139 Å². The summed E-state index contributed by atoms with van der Waals surface area (Å²) in [6, 6.07) is 8.45. The zero-order valence-electron chi connectivity index (χ0n) is 14.5. The summed E-state index contributed by atoms with van der Waals surface area (Å²) in [4.78, 5) is 14.0. The molecule has 0 saturated carbocycles. The van der Waals surface area contributed by atoms with E-state index in [0.29, 0.717) is 6.54 Å². The highest BCUT2D eigenvalue weighted by atomic mass is 16.6. The van der Waals surface area contributed by atoms with Crippen molar-refractivity contribution in [3.63, 3.8) is 0 Å². The zero-order chi connectivity index (χ0) is 16.9. The van der Waals surface area contributed by atoms with Gasteiger partial charge in [0.25, 0.3) is 0 Å². The Morgan fingerprint density at radius 2 is 1.87 bits per heavy atom. The highest BCUT2D eigenvalue weighted by molar-refractivity contribution is 5.67. The summed E-state index contributed by atoms with van der Waals surface area (Å²) < 4.78 is 5.20. The fourth-order valence-corrected chi connectivity index (χ4v) is 2.72. The third kappa shape index (κ3) is 6.10. The fourth-order valence-electron chi connectivity index (χ4n) is 2.72. The summed E-state index contributed by atoms with van der Waals surface area (Å²) in [7, 11) is 0. The Bertz CT molecular complexity index is 502. The number of nitrogens with one attached hydrogen (secondary N) is 1. The topological polar surface area (TPSA) is 67.6 Å². The molecule has 3 N–H and O–H groups in total. The predicted octanol–water partition coefficient (Wildman–Crippen LogP) is 2.68. The number of carbonyl (C=O) groups is 1. The van der Waals surface area contributed by atoms with Crippen molar-refractivity contribution in [2.45, 2.75) is 51.7 Å². The number of hydrogen-bond acceptors (Lipinski definition) is 4. The number of nitrogens with two attached hydrogens (primary N) is 1. The smallest absolute Gasteiger partial charge is 0.407 e. The Hall–Kier alpha value is -1.75. The van der Waals surface area contributed by atoms with Gasteiger partial charge in [0, 0.05) is 31.4 Å². The maximum Gasteiger partial charge on any atom is 0.407 e. The standard InChI is InChI=1S/C18H29N3O2/c1-18(2,3)23-17(22)20-13-15(19)12-14-6-8-16(9-7-14)21-10-4-5-11-21/h6-9,15H,4-5,10-13,19H2,1-3H3,(H,20,22). The van der Waals surface area contributed by atoms with Crippen LogP contribution in [0.4, 0.5) is 10.5 Å². The minimum Gasteiger partial charge on any atom is -0.444 e. The van der Waals surface area contributed by atoms with E-state index in [0.717, 1.165) is 19.5 Å². The van der Waals surface area contributed by atoms with Gasteiger partial charge in [0.15, 0.2) is 0 Å². The number of alkyl carbamates (subject to hydrolysis) is 1. The number of carbonyl (C=O) groups excluding carboxylic acids is 1. The predicted molar refractivity (Wildman–Crippen MR) is 93.8 cm³/mol. The molecule has 23 heavy (non-hydrogen) atoms. The molecule has 1 saturated heterocycles. The van der Waals surface area contributed by atoms with E-state index in [1.807, 2.05) is 20.8 Å². The monoisotopic (exact) mass is 319 g/mol. The molecule has 1 amide bonds. The van der Waals surface area contributed by atoms with Crippen LogP contribution in [0.3, 0.4) is 0 Å². The number of hydrogen-bond donors (Lipinski definition) is 2. The number of benzene rings is 1. The molecule has 5 nitrogen and oxygen atoms in total. The largest absolute Gasteiger partial charge is 0.444 e. The second-order valence-electron chi connectivity index (χ2n) is 7.21. The number of amides is 1. The molecule has 128 valence electrons. The lowest BCUT2D eigenvalue weighted by Crippen LogP contribution is -2.41. The van der Waals surface area contributed by atoms with Crippen molar-refractivity contribution >= 4 is 11.8 Å². The van der Waals surface area contributed by atoms with E-state index in [2.05, 4.69) is 34.5 Å². The lowest BCUT2D eigenvalue weighted by atomic mass is 10.1. The van der Waals surface area contributed by atoms with Gasteiger partial charge in [0.05, 0.1) is 0 Å². The number of ether oxygens (including phenoxy) is 1. The van der Waals surface area contributed by atoms with Crippen LogP contribution in [-0.4, -0.2) is 37.4 Å². The molecule has 0 aromatic heterocycles. The van der Waals surface area contributed by atoms with E-state index in [9.17, 15) is 4.79 Å². The van der Waals surface area contributed by atoms with Crippen molar-refractivity contribution in [1.82, 2.24) is 5.32 Å². The number of nitrogens with zero attached hydrogens (tertiary/aromatic N) is 1. The lowest BCUT2D eigenvalue weighted by Gasteiger charge is -2.21. The highest BCUT2D eigenvalue weighted by Gasteiger charge is 2.17. The maximum absolute atomic E-state index is 11.6. The molecule has 1 aromatic rings. The van der Waals surface area contributed by atoms with E-state index in [4.69, 9.17) is 10.5 Å². The Kier molecular flexibility index (Phi) is 5.88. The van der Waals surface area contributed by atoms with Crippen LogP contribution in [0.15, 0.2) is 24.3 Å². The first-order valence-electron chi connectivity index (χ1n) is 8.40. The molecule has 2 rings (SSSR count). The van der Waals surface area contributed by atoms with E-state index in [1.165, 1.54) is 24.1 Å². The van der Waals surface area contributed by atoms with Crippen LogP contribution in [0.2, 0.25) is 0 Å². The highest BCUT2D eigenvalue weighted by Crippen LogP contribution is 2.20. The molecule has 0 bridgehead atoms. The van der Waals surface area contributed by atoms with E-state index in [1.54, 1.807) is 0 Å². The Morgan fingerprint density at radius 3 is 2.43 bits per heavy atom. The molecule has 1 aliphatic rings. The van der Waals surface area contributed by atoms with Gasteiger partial charge in [-0.05, 0) is 57.7 Å². The third-order valence-electron chi connectivity index (χ3n) is 3.81. The molecular formula is C18H29N3O2. The fraction of sp³-hybridized carbons (Fsp3) is 0.611. The van der Waals surface area contributed by atoms with Crippen LogP contribution in [0.1, 0.15) is 39.2 Å². The minimum absolute atomic E-state index is 0.125. The van der Waals surface area contributed by atoms with Gasteiger partial charge in [-0.1, -0.05) is 12.1 Å². The molecule has 1 heterocycles. The second kappa shape index (κ2) is 7.68. The SMILES string of the molecule is CC(C)(C)OC(=O)NCC(N)Cc1ccc(N2CCCC2)cc1. The number of rotatable bonds is 5. The quantitative estimate of drug-likeness (QED) is 0.875. The van der Waals surface area contributed by atoms with Crippen molar-refractivity contribution in [2.75, 3.05) is 24.5 Å². The van der Waals surface area contributed by atoms with E-state index < -0.39 is 11.7 Å². The van der Waals surface area contributed by atoms with Gasteiger partial charge in [-0.2, -0.15) is 0 Å². The molecule has 0 spiro atoms. The lowest BCUT2D eigenvalue weighted by molar-refractivity contribution is 0.0524. The molecule has 1 atom stereocenters. The van der Waals surface area contributed by atoms with Crippen LogP contribution in [-0.2, 0) is 11.2 Å². The second-order valence-corrected chi connectivity index (χ2v) is 7.21. The molecule has 5 heteroatoms. The van der Waals surface area contributed by atoms with Gasteiger partial charge < -0.3 is 20.7 Å². The van der Waals surface area contributed by atoms with Crippen LogP contribution in [0, 0.1) is 0 Å². The van der Waals surface area contributed by atoms with Crippen molar-refractivity contribution in [2.24, 2.45) is 5.73 Å². The molecule has 1 fully saturated rings. The maximum atomic E-state index is 11.6. The zero-order valence-corrected chi connectivity index (χ0v) is 14.5. The average molecular weight is 319 g/mol. The molecule has 1 unspecified atom stereocenters. The van der Waals surface area contributed by atoms with Gasteiger partial charge in [-0.25, -0.2) is 4.79 Å². The first-order valence-corrected chi connectivity index (χ1v) is 8.40. The van der Waals surface area contributed by atoms with Gasteiger partial charge in [0.2, 0.25) is 0 Å². The van der Waals surface area contributed by atoms with E-state index >= 15 is 0 Å². The van der Waals surface area contributed by atoms with Crippen LogP contribution in [0.5, 0.6) is 0 Å². The van der Waals surface area contributed by atoms with E-state index in [-0.39, 0.29) is 6.04 Å². The summed E-state index contributed by atoms with van der Waals surface area (Å²) in [5.74, 6) is 0. The first-order chi connectivity index (χ1) is 10.8. The summed E-state index contributed by atoms with van der Waals surface area (Å²) in [6.07, 6.45) is 2.87. The normalized spacial score (nSPS) is 16.3. The van der Waals surface area contributed by atoms with Crippen molar-refractivity contribution < 1.29 is 9.53 Å². The molecular weight excluding hydrogens is 290 g/mol. The molecule has 1 aliphatic heterocycles. The summed E-state index contributed by atoms with van der Waals surface area (Å²) >= 11 is 0.